The van der Waals surface area contributed by atoms with Crippen LogP contribution in [0.25, 0.3) is 10.8 Å². The molecule has 0 spiro atoms. The van der Waals surface area contributed by atoms with E-state index in [4.69, 9.17) is 28.4 Å². The van der Waals surface area contributed by atoms with E-state index in [1.54, 1.807) is 12.1 Å². The van der Waals surface area contributed by atoms with E-state index in [1.165, 1.54) is 0 Å². The smallest absolute Gasteiger partial charge is 0.251 e. The van der Waals surface area contributed by atoms with Gasteiger partial charge in [-0.1, -0.05) is 127 Å². The maximum absolute atomic E-state index is 13.1. The van der Waals surface area contributed by atoms with Crippen molar-refractivity contribution in [1.82, 2.24) is 10.0 Å². The fraction of sp³-hybridized carbons (Fsp3) is 0.375. The third-order valence-electron chi connectivity index (χ3n) is 11.9. The first-order valence-electron chi connectivity index (χ1n) is 24.1. The number of thioether (sulfide) groups is 1. The number of carbonyl (C=O) groups excluding carboxylic acids is 1. The summed E-state index contributed by atoms with van der Waals surface area (Å²) in [4.78, 5) is 15.3. The molecule has 0 aliphatic carbocycles. The molecule has 70 heavy (non-hydrogen) atoms. The highest BCUT2D eigenvalue weighted by Crippen LogP contribution is 2.41. The molecule has 0 saturated carbocycles. The zero-order valence-electron chi connectivity index (χ0n) is 40.3. The third-order valence-corrected chi connectivity index (χ3v) is 15.0. The molecular formula is C56H67N3O9S2. The Morgan fingerprint density at radius 2 is 1.07 bits per heavy atom. The van der Waals surface area contributed by atoms with Crippen molar-refractivity contribution >= 4 is 44.2 Å². The topological polar surface area (TPSA) is 134 Å². The number of nitrogens with zero attached hydrogens (tertiary/aromatic N) is 1. The zero-order valence-corrected chi connectivity index (χ0v) is 41.9. The normalized spacial score (nSPS) is 16.9. The van der Waals surface area contributed by atoms with Crippen LogP contribution in [0.15, 0.2) is 157 Å². The number of benzene rings is 6. The Kier molecular flexibility index (Phi) is 21.1. The average Bonchev–Trinajstić information content (AvgIpc) is 3.71. The summed E-state index contributed by atoms with van der Waals surface area (Å²) < 4.78 is 65.7. The van der Waals surface area contributed by atoms with Crippen LogP contribution in [0.2, 0.25) is 0 Å². The lowest BCUT2D eigenvalue weighted by Crippen LogP contribution is -2.39. The van der Waals surface area contributed by atoms with Crippen LogP contribution in [-0.2, 0) is 64.7 Å². The summed E-state index contributed by atoms with van der Waals surface area (Å²) in [5.74, 6) is -0.125. The van der Waals surface area contributed by atoms with Gasteiger partial charge >= 0.3 is 0 Å². The van der Waals surface area contributed by atoms with Gasteiger partial charge in [-0.3, -0.25) is 4.79 Å². The van der Waals surface area contributed by atoms with E-state index in [9.17, 15) is 13.2 Å². The number of sulfonamides is 1. The molecule has 6 aromatic rings. The van der Waals surface area contributed by atoms with Gasteiger partial charge in [-0.25, -0.2) is 13.1 Å². The highest BCUT2D eigenvalue weighted by molar-refractivity contribution is 8.01. The number of rotatable bonds is 30. The van der Waals surface area contributed by atoms with Crippen LogP contribution in [-0.4, -0.2) is 110 Å². The lowest BCUT2D eigenvalue weighted by Gasteiger charge is -2.27. The van der Waals surface area contributed by atoms with Gasteiger partial charge in [0, 0.05) is 67.7 Å². The van der Waals surface area contributed by atoms with Gasteiger partial charge in [-0.05, 0) is 65.8 Å². The largest absolute Gasteiger partial charge is 0.379 e. The number of fused-ring (bicyclic) bond motifs is 1. The number of carbonyl (C=O) groups is 1. The highest BCUT2D eigenvalue weighted by Gasteiger charge is 2.46. The van der Waals surface area contributed by atoms with Crippen LogP contribution >= 0.6 is 11.8 Å². The molecule has 1 unspecified atom stereocenters. The summed E-state index contributed by atoms with van der Waals surface area (Å²) in [7, 11) is 0.191. The minimum absolute atomic E-state index is 0.0572. The predicted molar refractivity (Wildman–Crippen MR) is 279 cm³/mol. The van der Waals surface area contributed by atoms with Crippen molar-refractivity contribution < 1.29 is 41.6 Å². The van der Waals surface area contributed by atoms with Crippen LogP contribution in [0.4, 0.5) is 5.69 Å². The van der Waals surface area contributed by atoms with Gasteiger partial charge in [-0.2, -0.15) is 0 Å². The van der Waals surface area contributed by atoms with Gasteiger partial charge in [0.05, 0.1) is 75.2 Å². The Bertz CT molecular complexity index is 2570. The van der Waals surface area contributed by atoms with Crippen LogP contribution in [0.3, 0.4) is 0 Å². The van der Waals surface area contributed by atoms with Crippen LogP contribution < -0.4 is 14.9 Å². The Balaban J connectivity index is 0.781. The number of amides is 1. The van der Waals surface area contributed by atoms with Crippen molar-refractivity contribution in [2.45, 2.75) is 66.7 Å². The second kappa shape index (κ2) is 28.0. The minimum Gasteiger partial charge on any atom is -0.379 e. The number of hydrogen-bond acceptors (Lipinski definition) is 11. The van der Waals surface area contributed by atoms with Gasteiger partial charge in [0.1, 0.15) is 0 Å². The van der Waals surface area contributed by atoms with Crippen molar-refractivity contribution in [3.05, 3.63) is 179 Å². The molecule has 14 heteroatoms. The Morgan fingerprint density at radius 1 is 0.543 bits per heavy atom. The van der Waals surface area contributed by atoms with E-state index in [0.717, 1.165) is 39.7 Å². The van der Waals surface area contributed by atoms with E-state index < -0.39 is 10.0 Å². The highest BCUT2D eigenvalue weighted by atomic mass is 32.2. The summed E-state index contributed by atoms with van der Waals surface area (Å²) in [5, 5.41) is 4.74. The molecule has 1 saturated heterocycles. The number of anilines is 1. The lowest BCUT2D eigenvalue weighted by molar-refractivity contribution is -0.0854. The molecule has 1 aliphatic heterocycles. The molecule has 7 rings (SSSR count). The van der Waals surface area contributed by atoms with Gasteiger partial charge in [0.2, 0.25) is 10.0 Å². The van der Waals surface area contributed by atoms with Crippen molar-refractivity contribution in [1.29, 1.82) is 0 Å². The Morgan fingerprint density at radius 3 is 1.67 bits per heavy atom. The maximum Gasteiger partial charge on any atom is 0.251 e. The monoisotopic (exact) mass is 989 g/mol. The first-order chi connectivity index (χ1) is 34.2. The number of ether oxygens (including phenoxy) is 6. The molecular weight excluding hydrogens is 923 g/mol. The maximum atomic E-state index is 13.1. The second-order valence-corrected chi connectivity index (χ2v) is 20.6. The molecule has 0 radical (unpaired) electrons. The first kappa shape index (κ1) is 52.7. The number of hydrogen-bond donors (Lipinski definition) is 2. The van der Waals surface area contributed by atoms with Gasteiger partial charge < -0.3 is 38.6 Å². The van der Waals surface area contributed by atoms with Crippen molar-refractivity contribution in [3.8, 4) is 0 Å². The van der Waals surface area contributed by atoms with E-state index in [1.807, 2.05) is 134 Å². The summed E-state index contributed by atoms with van der Waals surface area (Å²) in [6, 6.07) is 49.6. The van der Waals surface area contributed by atoms with E-state index in [0.29, 0.717) is 96.4 Å². The summed E-state index contributed by atoms with van der Waals surface area (Å²) >= 11 is 1.87. The first-order valence-corrected chi connectivity index (χ1v) is 26.5. The molecule has 1 aliphatic rings. The molecule has 1 amide bonds. The van der Waals surface area contributed by atoms with Gasteiger partial charge in [-0.15, -0.1) is 11.8 Å². The van der Waals surface area contributed by atoms with E-state index >= 15 is 0 Å². The Hall–Kier alpha value is -5.13. The lowest BCUT2D eigenvalue weighted by atomic mass is 10.00. The molecule has 0 bridgehead atoms. The molecule has 2 N–H and O–H groups in total. The summed E-state index contributed by atoms with van der Waals surface area (Å²) in [5.41, 5.74) is 6.04. The number of nitrogens with one attached hydrogen (secondary N) is 2. The quantitative estimate of drug-likeness (QED) is 0.0420. The van der Waals surface area contributed by atoms with Crippen molar-refractivity contribution in [3.63, 3.8) is 0 Å². The summed E-state index contributed by atoms with van der Waals surface area (Å²) in [6.07, 6.45) is 1.56. The second-order valence-electron chi connectivity index (χ2n) is 17.4. The van der Waals surface area contributed by atoms with Crippen molar-refractivity contribution in [2.24, 2.45) is 0 Å². The molecule has 0 aromatic heterocycles. The fourth-order valence-electron chi connectivity index (χ4n) is 8.30. The summed E-state index contributed by atoms with van der Waals surface area (Å²) in [6.45, 7) is 5.32. The molecule has 4 atom stereocenters. The van der Waals surface area contributed by atoms with Crippen molar-refractivity contribution in [2.75, 3.05) is 78.3 Å². The molecule has 1 fully saturated rings. The van der Waals surface area contributed by atoms with E-state index in [2.05, 4.69) is 46.4 Å². The minimum atomic E-state index is -3.69. The molecule has 12 nitrogen and oxygen atoms in total. The van der Waals surface area contributed by atoms with Gasteiger partial charge in [0.15, 0.2) is 0 Å². The standard InChI is InChI=1S/C56H67N3O9S2/c1-59(2)50-24-12-23-49-48(50)22-13-25-53(49)70(61,62)58-31-15-33-64-35-37-65-36-34-63-32-14-30-57-56(60)47-28-26-43(27-29-47)38-51-54(67-40-45-18-8-4-9-19-45)55(68-41-46-20-10-5-11-21-46)52(69-51)42-66-39-44-16-6-3-7-17-44/h3-13,16-29,51-52,54-55,58H,14-15,30-42H2,1-2H3,(H,57,60)/t51?,52-,54+,55+/m0/s1. The van der Waals surface area contributed by atoms with Crippen LogP contribution in [0, 0.1) is 0 Å². The van der Waals surface area contributed by atoms with Gasteiger partial charge in [0.25, 0.3) is 5.91 Å². The fourth-order valence-corrected chi connectivity index (χ4v) is 11.3. The third kappa shape index (κ3) is 16.2. The molecule has 372 valence electrons. The van der Waals surface area contributed by atoms with Crippen LogP contribution in [0.1, 0.15) is 45.5 Å². The van der Waals surface area contributed by atoms with E-state index in [-0.39, 0.29) is 40.1 Å². The molecule has 1 heterocycles. The average molecular weight is 990 g/mol. The predicted octanol–water partition coefficient (Wildman–Crippen LogP) is 8.86. The SMILES string of the molecule is CN(C)c1cccc2c(S(=O)(=O)NCCCOCCOCCOCCCNC(=O)c3ccc(CC4S[C@@H](COCc5ccccc5)[C@@H](OCc5ccccc5)[C@@H]4OCc4ccccc4)cc3)cccc12. The molecule has 6 aromatic carbocycles. The Labute approximate surface area is 418 Å². The van der Waals surface area contributed by atoms with Crippen LogP contribution in [0.5, 0.6) is 0 Å². The zero-order chi connectivity index (χ0) is 48.8.